The number of aliphatic hydroxyl groups is 2. The minimum Gasteiger partial charge on any atom is -0.392 e. The Bertz CT molecular complexity index is 1000. The number of hydrogen-bond acceptors (Lipinski definition) is 6. The normalized spacial score (nSPS) is 45.4. The maximum absolute atomic E-state index is 13.5. The van der Waals surface area contributed by atoms with E-state index in [1.165, 1.54) is 0 Å². The molecular weight excluding hydrogens is 500 g/mol. The Labute approximate surface area is 217 Å². The molecule has 5 aliphatic rings. The van der Waals surface area contributed by atoms with Gasteiger partial charge in [0.2, 0.25) is 20.0 Å². The molecule has 0 aromatic heterocycles. The van der Waals surface area contributed by atoms with Gasteiger partial charge in [0.05, 0.1) is 23.7 Å². The van der Waals surface area contributed by atoms with Gasteiger partial charge in [-0.2, -0.15) is 0 Å². The Morgan fingerprint density at radius 1 is 0.667 bits per heavy atom. The highest BCUT2D eigenvalue weighted by Crippen LogP contribution is 2.67. The second-order valence-corrected chi connectivity index (χ2v) is 17.5. The van der Waals surface area contributed by atoms with E-state index in [2.05, 4.69) is 37.1 Å². The van der Waals surface area contributed by atoms with Crippen molar-refractivity contribution in [3.8, 4) is 0 Å². The molecule has 10 heteroatoms. The van der Waals surface area contributed by atoms with Crippen molar-refractivity contribution in [2.45, 2.75) is 116 Å². The van der Waals surface area contributed by atoms with Crippen LogP contribution in [0.1, 0.15) is 91.9 Å². The van der Waals surface area contributed by atoms with E-state index in [-0.39, 0.29) is 22.3 Å². The van der Waals surface area contributed by atoms with Crippen molar-refractivity contribution in [1.29, 1.82) is 0 Å². The summed E-state index contributed by atoms with van der Waals surface area (Å²) in [6.07, 6.45) is 6.17. The van der Waals surface area contributed by atoms with Crippen LogP contribution in [0.3, 0.4) is 0 Å². The maximum Gasteiger partial charge on any atom is 0.212 e. The summed E-state index contributed by atoms with van der Waals surface area (Å²) >= 11 is 0. The zero-order chi connectivity index (χ0) is 26.4. The highest BCUT2D eigenvalue weighted by molar-refractivity contribution is 7.89. The SMILES string of the molecule is CC1(C)[C@H]2CC[C@]1(CS(=O)(=O)N[C@@H]1CCCC[C@@H]1NS(=O)(=O)C[C@]13CC[C@@H](C[C@@H]1O)C3(C)C)[C@@H](O)C2. The predicted octanol–water partition coefficient (Wildman–Crippen LogP) is 2.51. The number of aliphatic hydroxyl groups excluding tert-OH is 2. The molecule has 0 radical (unpaired) electrons. The third-order valence-electron chi connectivity index (χ3n) is 12.1. The molecule has 0 amide bonds. The summed E-state index contributed by atoms with van der Waals surface area (Å²) in [5.41, 5.74) is -1.81. The van der Waals surface area contributed by atoms with E-state index >= 15 is 0 Å². The standard InChI is InChI=1S/C26H46N2O6S2/c1-23(2)17-9-11-25(23,21(29)13-17)15-35(31,32)27-19-7-5-6-8-20(19)28-36(33,34)16-26-12-10-18(14-22(26)30)24(26,3)4/h17-22,27-30H,5-16H2,1-4H3/t17-,18-,19-,20+,21-,22-,25+,26-/m0/s1. The number of sulfonamides is 2. The topological polar surface area (TPSA) is 133 Å². The minimum absolute atomic E-state index is 0.120. The van der Waals surface area contributed by atoms with Gasteiger partial charge in [0, 0.05) is 22.9 Å². The molecule has 5 saturated carbocycles. The molecule has 0 unspecified atom stereocenters. The number of nitrogens with one attached hydrogen (secondary N) is 2. The van der Waals surface area contributed by atoms with Crippen molar-refractivity contribution in [2.24, 2.45) is 33.5 Å². The minimum atomic E-state index is -3.75. The lowest BCUT2D eigenvalue weighted by molar-refractivity contribution is 0.0148. The highest BCUT2D eigenvalue weighted by Gasteiger charge is 2.66. The first kappa shape index (κ1) is 27.3. The summed E-state index contributed by atoms with van der Waals surface area (Å²) in [6.45, 7) is 8.33. The molecular formula is C26H46N2O6S2. The second-order valence-electron chi connectivity index (χ2n) is 14.0. The summed E-state index contributed by atoms with van der Waals surface area (Å²) in [4.78, 5) is 0. The summed E-state index contributed by atoms with van der Waals surface area (Å²) in [6, 6.07) is -1.02. The van der Waals surface area contributed by atoms with Crippen LogP contribution in [0.15, 0.2) is 0 Å². The maximum atomic E-state index is 13.5. The van der Waals surface area contributed by atoms with Gasteiger partial charge >= 0.3 is 0 Å². The zero-order valence-electron chi connectivity index (χ0n) is 22.3. The van der Waals surface area contributed by atoms with Crippen molar-refractivity contribution >= 4 is 20.0 Å². The zero-order valence-corrected chi connectivity index (χ0v) is 23.9. The number of fused-ring (bicyclic) bond motifs is 4. The molecule has 0 aliphatic heterocycles. The van der Waals surface area contributed by atoms with E-state index in [0.717, 1.165) is 25.7 Å². The molecule has 4 bridgehead atoms. The Balaban J connectivity index is 1.30. The van der Waals surface area contributed by atoms with Gasteiger partial charge in [-0.15, -0.1) is 0 Å². The molecule has 4 N–H and O–H groups in total. The molecule has 5 fully saturated rings. The van der Waals surface area contributed by atoms with E-state index in [1.807, 2.05) is 0 Å². The smallest absolute Gasteiger partial charge is 0.212 e. The number of hydrogen-bond donors (Lipinski definition) is 4. The Kier molecular flexibility index (Phi) is 6.54. The third kappa shape index (κ3) is 4.03. The molecule has 8 atom stereocenters. The van der Waals surface area contributed by atoms with Crippen LogP contribution < -0.4 is 9.44 Å². The van der Waals surface area contributed by atoms with Crippen LogP contribution in [0.25, 0.3) is 0 Å². The highest BCUT2D eigenvalue weighted by atomic mass is 32.2. The largest absolute Gasteiger partial charge is 0.392 e. The Morgan fingerprint density at radius 2 is 1.03 bits per heavy atom. The molecule has 0 aromatic rings. The second kappa shape index (κ2) is 8.62. The molecule has 0 heterocycles. The monoisotopic (exact) mass is 546 g/mol. The van der Waals surface area contributed by atoms with Crippen molar-refractivity contribution in [2.75, 3.05) is 11.5 Å². The van der Waals surface area contributed by atoms with Gasteiger partial charge in [-0.3, -0.25) is 0 Å². The summed E-state index contributed by atoms with van der Waals surface area (Å²) < 4.78 is 59.6. The fourth-order valence-corrected chi connectivity index (χ4v) is 13.8. The van der Waals surface area contributed by atoms with E-state index in [9.17, 15) is 27.0 Å². The third-order valence-corrected chi connectivity index (χ3v) is 15.2. The summed E-state index contributed by atoms with van der Waals surface area (Å²) in [5.74, 6) is 0.431. The first-order valence-electron chi connectivity index (χ1n) is 13.9. The van der Waals surface area contributed by atoms with Crippen LogP contribution in [0.4, 0.5) is 0 Å². The van der Waals surface area contributed by atoms with E-state index in [0.29, 0.717) is 50.4 Å². The fourth-order valence-electron chi connectivity index (χ4n) is 9.39. The lowest BCUT2D eigenvalue weighted by Gasteiger charge is -2.42. The molecule has 0 spiro atoms. The summed E-state index contributed by atoms with van der Waals surface area (Å²) in [5, 5.41) is 21.7. The van der Waals surface area contributed by atoms with Crippen LogP contribution in [0.5, 0.6) is 0 Å². The van der Waals surface area contributed by atoms with Gasteiger partial charge in [0.15, 0.2) is 0 Å². The van der Waals surface area contributed by atoms with Gasteiger partial charge in [-0.1, -0.05) is 40.5 Å². The van der Waals surface area contributed by atoms with Crippen LogP contribution in [-0.2, 0) is 20.0 Å². The molecule has 5 rings (SSSR count). The van der Waals surface area contributed by atoms with Crippen molar-refractivity contribution in [3.63, 3.8) is 0 Å². The Morgan fingerprint density at radius 3 is 1.31 bits per heavy atom. The van der Waals surface area contributed by atoms with Gasteiger partial charge in [-0.25, -0.2) is 26.3 Å². The molecule has 208 valence electrons. The average molecular weight is 547 g/mol. The average Bonchev–Trinajstić information content (AvgIpc) is 3.27. The predicted molar refractivity (Wildman–Crippen MR) is 139 cm³/mol. The van der Waals surface area contributed by atoms with Gasteiger partial charge in [0.1, 0.15) is 0 Å². The van der Waals surface area contributed by atoms with E-state index < -0.39 is 55.2 Å². The fraction of sp³-hybridized carbons (Fsp3) is 1.00. The van der Waals surface area contributed by atoms with Crippen LogP contribution in [-0.4, -0.2) is 62.8 Å². The van der Waals surface area contributed by atoms with Crippen molar-refractivity contribution < 1.29 is 27.0 Å². The first-order chi connectivity index (χ1) is 16.6. The quantitative estimate of drug-likeness (QED) is 0.370. The van der Waals surface area contributed by atoms with Gasteiger partial charge in [0.25, 0.3) is 0 Å². The molecule has 0 saturated heterocycles. The van der Waals surface area contributed by atoms with Gasteiger partial charge < -0.3 is 10.2 Å². The van der Waals surface area contributed by atoms with Crippen LogP contribution in [0.2, 0.25) is 0 Å². The van der Waals surface area contributed by atoms with E-state index in [4.69, 9.17) is 0 Å². The van der Waals surface area contributed by atoms with Crippen molar-refractivity contribution in [1.82, 2.24) is 9.44 Å². The van der Waals surface area contributed by atoms with E-state index in [1.54, 1.807) is 0 Å². The lowest BCUT2D eigenvalue weighted by atomic mass is 9.70. The molecule has 0 aromatic carbocycles. The van der Waals surface area contributed by atoms with Crippen LogP contribution in [0, 0.1) is 33.5 Å². The number of rotatable bonds is 8. The molecule has 36 heavy (non-hydrogen) atoms. The van der Waals surface area contributed by atoms with Gasteiger partial charge in [-0.05, 0) is 74.0 Å². The van der Waals surface area contributed by atoms with Crippen molar-refractivity contribution in [3.05, 3.63) is 0 Å². The first-order valence-corrected chi connectivity index (χ1v) is 17.2. The summed E-state index contributed by atoms with van der Waals surface area (Å²) in [7, 11) is -7.49. The lowest BCUT2D eigenvalue weighted by Crippen LogP contribution is -2.57. The molecule has 5 aliphatic carbocycles. The van der Waals surface area contributed by atoms with Crippen LogP contribution >= 0.6 is 0 Å². The Hall–Kier alpha value is -0.260. The molecule has 8 nitrogen and oxygen atoms in total.